The van der Waals surface area contributed by atoms with Gasteiger partial charge < -0.3 is 19.9 Å². The fourth-order valence-corrected chi connectivity index (χ4v) is 8.20. The molecule has 13 heteroatoms. The number of hydrogen-bond acceptors (Lipinski definition) is 7. The number of halogens is 4. The number of ether oxygens (including phenoxy) is 2. The predicted octanol–water partition coefficient (Wildman–Crippen LogP) is 4.65. The van der Waals surface area contributed by atoms with Crippen LogP contribution in [0.1, 0.15) is 29.6 Å². The molecule has 0 aromatic heterocycles. The Balaban J connectivity index is 1.56. The van der Waals surface area contributed by atoms with Gasteiger partial charge >= 0.3 is 6.16 Å². The van der Waals surface area contributed by atoms with Crippen molar-refractivity contribution in [1.29, 1.82) is 0 Å². The highest BCUT2D eigenvalue weighted by Crippen LogP contribution is 2.55. The Morgan fingerprint density at radius 3 is 2.50 bits per heavy atom. The predicted molar refractivity (Wildman–Crippen MR) is 130 cm³/mol. The summed E-state index contributed by atoms with van der Waals surface area (Å²) < 4.78 is 77.4. The molecule has 4 rings (SSSR count). The van der Waals surface area contributed by atoms with E-state index in [1.54, 1.807) is 0 Å². The monoisotopic (exact) mass is 573 g/mol. The van der Waals surface area contributed by atoms with Gasteiger partial charge in [0.1, 0.15) is 18.8 Å². The smallest absolute Gasteiger partial charge is 0.431 e. The van der Waals surface area contributed by atoms with Gasteiger partial charge in [0.25, 0.3) is 5.91 Å². The molecular formula is C25H23ClF3NO7S. The molecule has 2 bridgehead atoms. The molecule has 0 radical (unpaired) electrons. The molecular weight excluding hydrogens is 551 g/mol. The summed E-state index contributed by atoms with van der Waals surface area (Å²) in [5.74, 6) is -6.87. The minimum atomic E-state index is -4.20. The van der Waals surface area contributed by atoms with Gasteiger partial charge in [-0.2, -0.15) is 0 Å². The van der Waals surface area contributed by atoms with Gasteiger partial charge in [-0.25, -0.2) is 26.4 Å². The number of fused-ring (bicyclic) bond motifs is 2. The highest BCUT2D eigenvalue weighted by molar-refractivity contribution is 7.92. The summed E-state index contributed by atoms with van der Waals surface area (Å²) in [6, 6.07) is 4.60. The number of hydrogen-bond donors (Lipinski definition) is 2. The summed E-state index contributed by atoms with van der Waals surface area (Å²) in [6.45, 7) is 2.86. The van der Waals surface area contributed by atoms with Crippen molar-refractivity contribution in [3.05, 3.63) is 71.0 Å². The lowest BCUT2D eigenvalue weighted by Gasteiger charge is -2.31. The van der Waals surface area contributed by atoms with Gasteiger partial charge in [-0.3, -0.25) is 4.79 Å². The molecule has 2 N–H and O–H groups in total. The molecule has 2 aromatic rings. The maximum Gasteiger partial charge on any atom is 0.508 e. The molecule has 2 aromatic carbocycles. The van der Waals surface area contributed by atoms with Gasteiger partial charge in [0.05, 0.1) is 15.2 Å². The van der Waals surface area contributed by atoms with Crippen molar-refractivity contribution in [3.8, 4) is 0 Å². The Labute approximate surface area is 221 Å². The van der Waals surface area contributed by atoms with Gasteiger partial charge in [-0.1, -0.05) is 24.3 Å². The van der Waals surface area contributed by atoms with E-state index >= 15 is 0 Å². The van der Waals surface area contributed by atoms with Crippen molar-refractivity contribution in [2.45, 2.75) is 35.0 Å². The molecule has 204 valence electrons. The number of benzene rings is 2. The van der Waals surface area contributed by atoms with Crippen molar-refractivity contribution in [1.82, 2.24) is 0 Å². The average Bonchev–Trinajstić information content (AvgIpc) is 3.41. The summed E-state index contributed by atoms with van der Waals surface area (Å²) in [5, 5.41) is 12.1. The van der Waals surface area contributed by atoms with Crippen molar-refractivity contribution >= 4 is 39.2 Å². The number of carbonyl (C=O) groups is 2. The molecule has 8 nitrogen and oxygen atoms in total. The summed E-state index contributed by atoms with van der Waals surface area (Å²) in [6.07, 6.45) is 1.25. The largest absolute Gasteiger partial charge is 0.508 e. The lowest BCUT2D eigenvalue weighted by atomic mass is 9.85. The Morgan fingerprint density at radius 1 is 1.16 bits per heavy atom. The summed E-state index contributed by atoms with van der Waals surface area (Å²) in [7, 11) is -4.20. The van der Waals surface area contributed by atoms with E-state index in [0.717, 1.165) is 6.07 Å². The molecule has 2 aliphatic rings. The molecule has 1 amide bonds. The van der Waals surface area contributed by atoms with Gasteiger partial charge in [-0.05, 0) is 43.4 Å². The van der Waals surface area contributed by atoms with Crippen LogP contribution in [0.5, 0.6) is 0 Å². The molecule has 2 unspecified atom stereocenters. The van der Waals surface area contributed by atoms with E-state index in [9.17, 15) is 36.3 Å². The molecule has 38 heavy (non-hydrogen) atoms. The van der Waals surface area contributed by atoms with Crippen LogP contribution < -0.4 is 5.32 Å². The first kappa shape index (κ1) is 27.9. The SMILES string of the molecule is C=CCOC(=O)OC[C@@]1(O)CC2CCC1[C@@H]2S(=O)(=O)c1cc(C(=O)Nc2cc(F)c(F)c(F)c2)ccc1Cl. The third kappa shape index (κ3) is 5.25. The van der Waals surface area contributed by atoms with Crippen LogP contribution in [0.15, 0.2) is 47.9 Å². The minimum absolute atomic E-state index is 0.0653. The van der Waals surface area contributed by atoms with E-state index in [0.29, 0.717) is 25.0 Å². The van der Waals surface area contributed by atoms with Crippen LogP contribution in [-0.2, 0) is 19.3 Å². The van der Waals surface area contributed by atoms with Crippen LogP contribution in [0.3, 0.4) is 0 Å². The molecule has 2 aliphatic carbocycles. The van der Waals surface area contributed by atoms with E-state index in [2.05, 4.69) is 11.9 Å². The molecule has 4 atom stereocenters. The Bertz CT molecular complexity index is 1380. The third-order valence-electron chi connectivity index (χ3n) is 6.87. The lowest BCUT2D eigenvalue weighted by molar-refractivity contribution is -0.0718. The molecule has 0 heterocycles. The fourth-order valence-electron chi connectivity index (χ4n) is 5.28. The van der Waals surface area contributed by atoms with Crippen LogP contribution in [0, 0.1) is 29.3 Å². The quantitative estimate of drug-likeness (QED) is 0.268. The standard InChI is InChI=1S/C25H23ClF3NO7S/c1-2-7-36-24(32)37-12-25(33)11-14-3-5-16(25)22(14)38(34,35)20-8-13(4-6-17(20)26)23(31)30-15-9-18(27)21(29)19(28)10-15/h2,4,6,8-10,14,16,22,33H,1,3,5,7,11-12H2,(H,30,31)/t14?,16?,22-,25+/m1/s1. The first-order chi connectivity index (χ1) is 17.9. The maximum atomic E-state index is 13.7. The highest BCUT2D eigenvalue weighted by atomic mass is 35.5. The van der Waals surface area contributed by atoms with Crippen LogP contribution in [0.2, 0.25) is 5.02 Å². The van der Waals surface area contributed by atoms with Gasteiger partial charge in [0, 0.05) is 29.3 Å². The zero-order valence-corrected chi connectivity index (χ0v) is 21.3. The number of amides is 1. The van der Waals surface area contributed by atoms with Crippen molar-refractivity contribution in [3.63, 3.8) is 0 Å². The topological polar surface area (TPSA) is 119 Å². The number of nitrogens with one attached hydrogen (secondary N) is 1. The first-order valence-corrected chi connectivity index (χ1v) is 13.4. The lowest BCUT2D eigenvalue weighted by Crippen LogP contribution is -2.43. The molecule has 2 saturated carbocycles. The summed E-state index contributed by atoms with van der Waals surface area (Å²) in [5.41, 5.74) is -2.17. The summed E-state index contributed by atoms with van der Waals surface area (Å²) >= 11 is 6.21. The normalized spacial score (nSPS) is 24.2. The molecule has 2 fully saturated rings. The highest BCUT2D eigenvalue weighted by Gasteiger charge is 2.61. The number of rotatable bonds is 8. The van der Waals surface area contributed by atoms with E-state index in [1.165, 1.54) is 18.2 Å². The Morgan fingerprint density at radius 2 is 1.84 bits per heavy atom. The van der Waals surface area contributed by atoms with Gasteiger partial charge in [0.15, 0.2) is 27.3 Å². The Kier molecular flexibility index (Phi) is 7.78. The zero-order valence-electron chi connectivity index (χ0n) is 19.8. The fraction of sp³-hybridized carbons (Fsp3) is 0.360. The first-order valence-electron chi connectivity index (χ1n) is 11.5. The second-order valence-electron chi connectivity index (χ2n) is 9.25. The van der Waals surface area contributed by atoms with Gasteiger partial charge in [0.2, 0.25) is 0 Å². The number of sulfone groups is 1. The number of anilines is 1. The number of aliphatic hydroxyl groups is 1. The Hall–Kier alpha value is -3.09. The summed E-state index contributed by atoms with van der Waals surface area (Å²) in [4.78, 5) is 24.0. The van der Waals surface area contributed by atoms with Crippen molar-refractivity contribution in [2.75, 3.05) is 18.5 Å². The second-order valence-corrected chi connectivity index (χ2v) is 11.7. The molecule has 0 saturated heterocycles. The third-order valence-corrected chi connectivity index (χ3v) is 9.70. The van der Waals surface area contributed by atoms with E-state index in [4.69, 9.17) is 21.1 Å². The second kappa shape index (κ2) is 10.6. The van der Waals surface area contributed by atoms with Crippen molar-refractivity contribution < 1.29 is 45.8 Å². The minimum Gasteiger partial charge on any atom is -0.431 e. The van der Waals surface area contributed by atoms with Crippen LogP contribution in [0.4, 0.5) is 23.7 Å². The molecule has 0 aliphatic heterocycles. The van der Waals surface area contributed by atoms with Crippen LogP contribution >= 0.6 is 11.6 Å². The van der Waals surface area contributed by atoms with E-state index in [1.807, 2.05) is 0 Å². The molecule has 0 spiro atoms. The van der Waals surface area contributed by atoms with E-state index < -0.39 is 68.6 Å². The number of carbonyl (C=O) groups excluding carboxylic acids is 2. The average molecular weight is 574 g/mol. The van der Waals surface area contributed by atoms with E-state index in [-0.39, 0.29) is 34.2 Å². The van der Waals surface area contributed by atoms with Crippen LogP contribution in [-0.4, -0.2) is 49.7 Å². The van der Waals surface area contributed by atoms with Crippen LogP contribution in [0.25, 0.3) is 0 Å². The maximum absolute atomic E-state index is 13.7. The van der Waals surface area contributed by atoms with Crippen molar-refractivity contribution in [2.24, 2.45) is 11.8 Å². The zero-order chi connectivity index (χ0) is 27.8. The van der Waals surface area contributed by atoms with Gasteiger partial charge in [-0.15, -0.1) is 0 Å².